The lowest BCUT2D eigenvalue weighted by atomic mass is 9.96. The van der Waals surface area contributed by atoms with Crippen molar-refractivity contribution < 1.29 is 5.11 Å². The molecular weight excluding hydrogens is 210 g/mol. The number of rotatable bonds is 3. The second-order valence-corrected chi connectivity index (χ2v) is 6.00. The molecule has 2 nitrogen and oxygen atoms in total. The molecular formula is C15H23NO. The predicted molar refractivity (Wildman–Crippen MR) is 72.5 cm³/mol. The van der Waals surface area contributed by atoms with Crippen molar-refractivity contribution in [3.8, 4) is 0 Å². The van der Waals surface area contributed by atoms with Gasteiger partial charge in [0.15, 0.2) is 0 Å². The van der Waals surface area contributed by atoms with E-state index in [4.69, 9.17) is 0 Å². The van der Waals surface area contributed by atoms with Crippen molar-refractivity contribution in [2.75, 3.05) is 4.90 Å². The summed E-state index contributed by atoms with van der Waals surface area (Å²) in [5, 5.41) is 10.0. The third kappa shape index (κ3) is 2.63. The molecule has 0 saturated carbocycles. The molecule has 0 saturated heterocycles. The molecule has 0 spiro atoms. The standard InChI is InChI=1S/C15H23NO/c1-11(2)16-13(10-15(3,4)17)9-12-7-5-6-8-14(12)16/h5-8,11,13,17H,9-10H2,1-4H3. The Morgan fingerprint density at radius 1 is 1.35 bits per heavy atom. The van der Waals surface area contributed by atoms with Gasteiger partial charge in [0.05, 0.1) is 5.60 Å². The van der Waals surface area contributed by atoms with Crippen LogP contribution in [0.25, 0.3) is 0 Å². The van der Waals surface area contributed by atoms with E-state index in [2.05, 4.69) is 43.0 Å². The van der Waals surface area contributed by atoms with Crippen LogP contribution in [0.2, 0.25) is 0 Å². The highest BCUT2D eigenvalue weighted by molar-refractivity contribution is 5.60. The van der Waals surface area contributed by atoms with Gasteiger partial charge < -0.3 is 10.0 Å². The monoisotopic (exact) mass is 233 g/mol. The van der Waals surface area contributed by atoms with E-state index in [-0.39, 0.29) is 0 Å². The van der Waals surface area contributed by atoms with Crippen LogP contribution in [0.3, 0.4) is 0 Å². The highest BCUT2D eigenvalue weighted by Crippen LogP contribution is 2.36. The van der Waals surface area contributed by atoms with Crippen LogP contribution in [-0.2, 0) is 6.42 Å². The summed E-state index contributed by atoms with van der Waals surface area (Å²) < 4.78 is 0. The molecule has 1 heterocycles. The lowest BCUT2D eigenvalue weighted by Gasteiger charge is -2.34. The Kier molecular flexibility index (Phi) is 3.17. The van der Waals surface area contributed by atoms with Crippen molar-refractivity contribution in [3.63, 3.8) is 0 Å². The third-order valence-electron chi connectivity index (χ3n) is 3.41. The Morgan fingerprint density at radius 3 is 2.59 bits per heavy atom. The molecule has 17 heavy (non-hydrogen) atoms. The number of aliphatic hydroxyl groups is 1. The maximum Gasteiger partial charge on any atom is 0.0611 e. The zero-order valence-corrected chi connectivity index (χ0v) is 11.3. The zero-order chi connectivity index (χ0) is 12.6. The van der Waals surface area contributed by atoms with E-state index in [1.54, 1.807) is 0 Å². The molecule has 0 bridgehead atoms. The summed E-state index contributed by atoms with van der Waals surface area (Å²) in [4.78, 5) is 2.45. The first-order chi connectivity index (χ1) is 7.88. The molecule has 0 radical (unpaired) electrons. The first kappa shape index (κ1) is 12.4. The third-order valence-corrected chi connectivity index (χ3v) is 3.41. The Hall–Kier alpha value is -1.02. The molecule has 1 unspecified atom stereocenters. The van der Waals surface area contributed by atoms with Crippen LogP contribution in [0.5, 0.6) is 0 Å². The summed E-state index contributed by atoms with van der Waals surface area (Å²) in [7, 11) is 0. The molecule has 0 amide bonds. The Bertz CT molecular complexity index is 392. The van der Waals surface area contributed by atoms with Gasteiger partial charge in [0.2, 0.25) is 0 Å². The Balaban J connectivity index is 2.27. The lowest BCUT2D eigenvalue weighted by Crippen LogP contribution is -2.42. The molecule has 2 heteroatoms. The fraction of sp³-hybridized carbons (Fsp3) is 0.600. The molecule has 1 aromatic rings. The number of hydrogen-bond acceptors (Lipinski definition) is 2. The fourth-order valence-electron chi connectivity index (χ4n) is 2.93. The van der Waals surface area contributed by atoms with Gasteiger partial charge in [-0.3, -0.25) is 0 Å². The van der Waals surface area contributed by atoms with Gasteiger partial charge in [0, 0.05) is 17.8 Å². The van der Waals surface area contributed by atoms with Gasteiger partial charge in [-0.05, 0) is 52.2 Å². The first-order valence-electron chi connectivity index (χ1n) is 6.47. The minimum atomic E-state index is -0.597. The van der Waals surface area contributed by atoms with Crippen molar-refractivity contribution in [3.05, 3.63) is 29.8 Å². The average molecular weight is 233 g/mol. The highest BCUT2D eigenvalue weighted by Gasteiger charge is 2.33. The maximum atomic E-state index is 10.0. The van der Waals surface area contributed by atoms with E-state index in [9.17, 15) is 5.11 Å². The minimum Gasteiger partial charge on any atom is -0.390 e. The first-order valence-corrected chi connectivity index (χ1v) is 6.47. The summed E-state index contributed by atoms with van der Waals surface area (Å²) in [6.45, 7) is 8.24. The second-order valence-electron chi connectivity index (χ2n) is 6.00. The van der Waals surface area contributed by atoms with Crippen LogP contribution in [0.1, 0.15) is 39.7 Å². The molecule has 1 aromatic carbocycles. The SMILES string of the molecule is CC(C)N1c2ccccc2CC1CC(C)(C)O. The van der Waals surface area contributed by atoms with Crippen LogP contribution < -0.4 is 4.90 Å². The van der Waals surface area contributed by atoms with E-state index in [1.165, 1.54) is 11.3 Å². The van der Waals surface area contributed by atoms with Crippen LogP contribution in [0.4, 0.5) is 5.69 Å². The molecule has 2 rings (SSSR count). The van der Waals surface area contributed by atoms with E-state index < -0.39 is 5.60 Å². The van der Waals surface area contributed by atoms with Gasteiger partial charge in [-0.25, -0.2) is 0 Å². The van der Waals surface area contributed by atoms with Crippen molar-refractivity contribution in [1.82, 2.24) is 0 Å². The lowest BCUT2D eigenvalue weighted by molar-refractivity contribution is 0.0629. The van der Waals surface area contributed by atoms with Crippen LogP contribution in [-0.4, -0.2) is 22.8 Å². The average Bonchev–Trinajstić information content (AvgIpc) is 2.51. The zero-order valence-electron chi connectivity index (χ0n) is 11.3. The maximum absolute atomic E-state index is 10.0. The summed E-state index contributed by atoms with van der Waals surface area (Å²) in [5.41, 5.74) is 2.16. The van der Waals surface area contributed by atoms with Crippen LogP contribution in [0, 0.1) is 0 Å². The molecule has 1 N–H and O–H groups in total. The predicted octanol–water partition coefficient (Wildman–Crippen LogP) is 2.99. The van der Waals surface area contributed by atoms with Crippen molar-refractivity contribution in [2.45, 2.75) is 58.2 Å². The minimum absolute atomic E-state index is 0.424. The van der Waals surface area contributed by atoms with Crippen molar-refractivity contribution in [2.24, 2.45) is 0 Å². The summed E-state index contributed by atoms with van der Waals surface area (Å²) in [6, 6.07) is 9.50. The fourth-order valence-corrected chi connectivity index (χ4v) is 2.93. The molecule has 0 aromatic heterocycles. The number of para-hydroxylation sites is 1. The van der Waals surface area contributed by atoms with Gasteiger partial charge in [-0.1, -0.05) is 18.2 Å². The number of hydrogen-bond donors (Lipinski definition) is 1. The van der Waals surface area contributed by atoms with Crippen molar-refractivity contribution >= 4 is 5.69 Å². The van der Waals surface area contributed by atoms with Gasteiger partial charge in [0.25, 0.3) is 0 Å². The molecule has 94 valence electrons. The van der Waals surface area contributed by atoms with E-state index in [0.29, 0.717) is 12.1 Å². The van der Waals surface area contributed by atoms with Gasteiger partial charge >= 0.3 is 0 Å². The normalized spacial score (nSPS) is 19.9. The molecule has 1 aliphatic rings. The molecule has 1 atom stereocenters. The number of fused-ring (bicyclic) bond motifs is 1. The van der Waals surface area contributed by atoms with Gasteiger partial charge in [0.1, 0.15) is 0 Å². The van der Waals surface area contributed by atoms with E-state index >= 15 is 0 Å². The number of nitrogens with zero attached hydrogens (tertiary/aromatic N) is 1. The molecule has 1 aliphatic heterocycles. The Labute approximate surface area is 104 Å². The Morgan fingerprint density at radius 2 is 2.00 bits per heavy atom. The van der Waals surface area contributed by atoms with E-state index in [1.807, 2.05) is 13.8 Å². The smallest absolute Gasteiger partial charge is 0.0611 e. The van der Waals surface area contributed by atoms with Gasteiger partial charge in [-0.15, -0.1) is 0 Å². The summed E-state index contributed by atoms with van der Waals surface area (Å²) in [6.07, 6.45) is 1.87. The van der Waals surface area contributed by atoms with Gasteiger partial charge in [-0.2, -0.15) is 0 Å². The quantitative estimate of drug-likeness (QED) is 0.867. The van der Waals surface area contributed by atoms with Crippen LogP contribution in [0.15, 0.2) is 24.3 Å². The van der Waals surface area contributed by atoms with Crippen molar-refractivity contribution in [1.29, 1.82) is 0 Å². The second kappa shape index (κ2) is 4.34. The largest absolute Gasteiger partial charge is 0.390 e. The van der Waals surface area contributed by atoms with Crippen LogP contribution >= 0.6 is 0 Å². The van der Waals surface area contributed by atoms with E-state index in [0.717, 1.165) is 12.8 Å². The summed E-state index contributed by atoms with van der Waals surface area (Å²) in [5.74, 6) is 0. The number of anilines is 1. The molecule has 0 fully saturated rings. The summed E-state index contributed by atoms with van der Waals surface area (Å²) >= 11 is 0. The topological polar surface area (TPSA) is 23.5 Å². The number of benzene rings is 1. The molecule has 0 aliphatic carbocycles. The highest BCUT2D eigenvalue weighted by atomic mass is 16.3.